The lowest BCUT2D eigenvalue weighted by molar-refractivity contribution is -0.147. The van der Waals surface area contributed by atoms with E-state index in [1.54, 1.807) is 0 Å². The second-order valence-corrected chi connectivity index (χ2v) is 6.15. The molecule has 0 amide bonds. The van der Waals surface area contributed by atoms with Crippen molar-refractivity contribution in [3.8, 4) is 0 Å². The van der Waals surface area contributed by atoms with E-state index in [4.69, 9.17) is 14.9 Å². The summed E-state index contributed by atoms with van der Waals surface area (Å²) in [4.78, 5) is 11.3. The fraction of sp³-hybridized carbons (Fsp3) is 0.667. The van der Waals surface area contributed by atoms with Crippen LogP contribution < -0.4 is 0 Å². The van der Waals surface area contributed by atoms with E-state index in [0.717, 1.165) is 32.1 Å². The molecule has 2 N–H and O–H groups in total. The Bertz CT molecular complexity index is 385. The molecule has 0 aromatic heterocycles. The summed E-state index contributed by atoms with van der Waals surface area (Å²) < 4.78 is 4.83. The Morgan fingerprint density at radius 3 is 2.04 bits per heavy atom. The van der Waals surface area contributed by atoms with E-state index < -0.39 is 6.10 Å². The molecule has 0 saturated carbocycles. The molecule has 4 nitrogen and oxygen atoms in total. The van der Waals surface area contributed by atoms with Gasteiger partial charge in [-0.25, -0.2) is 0 Å². The fourth-order valence-electron chi connectivity index (χ4n) is 2.14. The SMILES string of the molecule is CCCCC/C=C\C/C=C\C/C=C\CCCCC(=O)OCC(O)CO. The van der Waals surface area contributed by atoms with Gasteiger partial charge in [0.25, 0.3) is 0 Å². The van der Waals surface area contributed by atoms with Gasteiger partial charge in [0.2, 0.25) is 0 Å². The molecule has 0 fully saturated rings. The van der Waals surface area contributed by atoms with Crippen molar-refractivity contribution in [1.82, 2.24) is 0 Å². The molecule has 0 spiro atoms. The van der Waals surface area contributed by atoms with Crippen LogP contribution in [0.3, 0.4) is 0 Å². The van der Waals surface area contributed by atoms with E-state index in [1.165, 1.54) is 25.7 Å². The molecule has 0 aliphatic rings. The second-order valence-electron chi connectivity index (χ2n) is 6.15. The largest absolute Gasteiger partial charge is 0.463 e. The van der Waals surface area contributed by atoms with Gasteiger partial charge in [-0.15, -0.1) is 0 Å². The zero-order chi connectivity index (χ0) is 18.6. The molecule has 0 aliphatic heterocycles. The van der Waals surface area contributed by atoms with Crippen LogP contribution in [0.15, 0.2) is 36.5 Å². The van der Waals surface area contributed by atoms with Gasteiger partial charge in [-0.05, 0) is 44.9 Å². The van der Waals surface area contributed by atoms with Gasteiger partial charge < -0.3 is 14.9 Å². The Hall–Kier alpha value is -1.39. The number of hydrogen-bond acceptors (Lipinski definition) is 4. The minimum absolute atomic E-state index is 0.129. The van der Waals surface area contributed by atoms with Crippen molar-refractivity contribution in [3.05, 3.63) is 36.5 Å². The van der Waals surface area contributed by atoms with Crippen LogP contribution in [-0.2, 0) is 9.53 Å². The molecule has 0 aliphatic carbocycles. The average molecular weight is 353 g/mol. The fourth-order valence-corrected chi connectivity index (χ4v) is 2.14. The number of unbranched alkanes of at least 4 members (excludes halogenated alkanes) is 5. The Kier molecular flexibility index (Phi) is 17.9. The van der Waals surface area contributed by atoms with Crippen LogP contribution in [0.25, 0.3) is 0 Å². The third-order valence-electron chi connectivity index (χ3n) is 3.67. The van der Waals surface area contributed by atoms with Crippen molar-refractivity contribution in [2.45, 2.75) is 77.2 Å². The number of allylic oxidation sites excluding steroid dienone is 6. The first kappa shape index (κ1) is 23.6. The zero-order valence-electron chi connectivity index (χ0n) is 15.7. The van der Waals surface area contributed by atoms with Crippen LogP contribution in [0, 0.1) is 0 Å². The van der Waals surface area contributed by atoms with Crippen molar-refractivity contribution >= 4 is 5.97 Å². The number of aliphatic hydroxyl groups excluding tert-OH is 2. The molecule has 144 valence electrons. The van der Waals surface area contributed by atoms with Crippen LogP contribution in [-0.4, -0.2) is 35.5 Å². The Labute approximate surface area is 153 Å². The summed E-state index contributed by atoms with van der Waals surface area (Å²) >= 11 is 0. The number of aliphatic hydroxyl groups is 2. The normalized spacial score (nSPS) is 13.2. The predicted octanol–water partition coefficient (Wildman–Crippen LogP) is 4.47. The number of rotatable bonds is 16. The van der Waals surface area contributed by atoms with Gasteiger partial charge in [-0.1, -0.05) is 56.2 Å². The lowest BCUT2D eigenvalue weighted by atomic mass is 10.1. The highest BCUT2D eigenvalue weighted by Crippen LogP contribution is 2.04. The maximum absolute atomic E-state index is 11.3. The van der Waals surface area contributed by atoms with Gasteiger partial charge in [-0.2, -0.15) is 0 Å². The summed E-state index contributed by atoms with van der Waals surface area (Å²) in [6.45, 7) is 1.71. The molecule has 25 heavy (non-hydrogen) atoms. The summed E-state index contributed by atoms with van der Waals surface area (Å²) in [5, 5.41) is 17.7. The molecular weight excluding hydrogens is 316 g/mol. The van der Waals surface area contributed by atoms with E-state index in [0.29, 0.717) is 6.42 Å². The van der Waals surface area contributed by atoms with Gasteiger partial charge in [-0.3, -0.25) is 4.79 Å². The number of esters is 1. The maximum atomic E-state index is 11.3. The minimum atomic E-state index is -0.975. The van der Waals surface area contributed by atoms with Crippen LogP contribution in [0.4, 0.5) is 0 Å². The van der Waals surface area contributed by atoms with Gasteiger partial charge in [0.1, 0.15) is 12.7 Å². The first-order valence-electron chi connectivity index (χ1n) is 9.60. The van der Waals surface area contributed by atoms with E-state index in [2.05, 4.69) is 43.4 Å². The number of hydrogen-bond donors (Lipinski definition) is 2. The molecule has 0 aromatic carbocycles. The van der Waals surface area contributed by atoms with Crippen LogP contribution >= 0.6 is 0 Å². The lowest BCUT2D eigenvalue weighted by Crippen LogP contribution is -2.21. The number of ether oxygens (including phenoxy) is 1. The van der Waals surface area contributed by atoms with Crippen molar-refractivity contribution < 1.29 is 19.7 Å². The molecule has 0 rings (SSSR count). The molecule has 0 aromatic rings. The summed E-state index contributed by atoms with van der Waals surface area (Å²) in [5.41, 5.74) is 0. The Morgan fingerprint density at radius 1 is 0.920 bits per heavy atom. The van der Waals surface area contributed by atoms with Crippen LogP contribution in [0.5, 0.6) is 0 Å². The minimum Gasteiger partial charge on any atom is -0.463 e. The first-order valence-corrected chi connectivity index (χ1v) is 9.60. The van der Waals surface area contributed by atoms with E-state index in [-0.39, 0.29) is 19.2 Å². The van der Waals surface area contributed by atoms with Gasteiger partial charge in [0.15, 0.2) is 0 Å². The van der Waals surface area contributed by atoms with E-state index in [9.17, 15) is 4.79 Å². The maximum Gasteiger partial charge on any atom is 0.305 e. The van der Waals surface area contributed by atoms with Crippen molar-refractivity contribution in [3.63, 3.8) is 0 Å². The van der Waals surface area contributed by atoms with Crippen molar-refractivity contribution in [2.75, 3.05) is 13.2 Å². The summed E-state index contributed by atoms with van der Waals surface area (Å²) in [7, 11) is 0. The Balaban J connectivity index is 3.43. The van der Waals surface area contributed by atoms with Crippen molar-refractivity contribution in [2.24, 2.45) is 0 Å². The molecule has 1 unspecified atom stereocenters. The topological polar surface area (TPSA) is 66.8 Å². The predicted molar refractivity (Wildman–Crippen MR) is 103 cm³/mol. The molecule has 0 bridgehead atoms. The lowest BCUT2D eigenvalue weighted by Gasteiger charge is -2.07. The number of carbonyl (C=O) groups is 1. The monoisotopic (exact) mass is 352 g/mol. The van der Waals surface area contributed by atoms with E-state index in [1.807, 2.05) is 0 Å². The first-order chi connectivity index (χ1) is 12.2. The third-order valence-corrected chi connectivity index (χ3v) is 3.67. The quantitative estimate of drug-likeness (QED) is 0.244. The van der Waals surface area contributed by atoms with Crippen LogP contribution in [0.1, 0.15) is 71.1 Å². The van der Waals surface area contributed by atoms with E-state index >= 15 is 0 Å². The van der Waals surface area contributed by atoms with Crippen molar-refractivity contribution in [1.29, 1.82) is 0 Å². The third kappa shape index (κ3) is 18.8. The molecule has 0 radical (unpaired) electrons. The summed E-state index contributed by atoms with van der Waals surface area (Å²) in [6, 6.07) is 0. The molecule has 0 saturated heterocycles. The molecule has 1 atom stereocenters. The van der Waals surface area contributed by atoms with Gasteiger partial charge in [0, 0.05) is 6.42 Å². The highest BCUT2D eigenvalue weighted by atomic mass is 16.5. The molecular formula is C21H36O4. The van der Waals surface area contributed by atoms with Crippen LogP contribution in [0.2, 0.25) is 0 Å². The zero-order valence-corrected chi connectivity index (χ0v) is 15.7. The number of carbonyl (C=O) groups excluding carboxylic acids is 1. The molecule has 0 heterocycles. The Morgan fingerprint density at radius 2 is 1.48 bits per heavy atom. The smallest absolute Gasteiger partial charge is 0.305 e. The van der Waals surface area contributed by atoms with Gasteiger partial charge >= 0.3 is 5.97 Å². The highest BCUT2D eigenvalue weighted by molar-refractivity contribution is 5.69. The summed E-state index contributed by atoms with van der Waals surface area (Å²) in [6.07, 6.45) is 22.3. The average Bonchev–Trinajstić information content (AvgIpc) is 2.62. The molecule has 4 heteroatoms. The van der Waals surface area contributed by atoms with Gasteiger partial charge in [0.05, 0.1) is 6.61 Å². The highest BCUT2D eigenvalue weighted by Gasteiger charge is 2.06. The second kappa shape index (κ2) is 18.9. The standard InChI is InChI=1S/C21H36O4/c1-2-3-4-5-6-7-8-9-10-11-12-13-14-15-16-17-21(24)25-19-20(23)18-22/h6-7,9-10,12-13,20,22-23H,2-5,8,11,14-19H2,1H3/b7-6-,10-9-,13-12-. The summed E-state index contributed by atoms with van der Waals surface area (Å²) in [5.74, 6) is -0.317.